The Balaban J connectivity index is 1.91. The molecule has 0 unspecified atom stereocenters. The molecule has 2 aromatic carbocycles. The summed E-state index contributed by atoms with van der Waals surface area (Å²) in [4.78, 5) is 50.4. The molecule has 0 saturated carbocycles. The van der Waals surface area contributed by atoms with Crippen molar-refractivity contribution < 1.29 is 28.7 Å². The van der Waals surface area contributed by atoms with Crippen molar-refractivity contribution in [3.05, 3.63) is 65.2 Å². The molecule has 0 bridgehead atoms. The molecule has 2 atom stereocenters. The van der Waals surface area contributed by atoms with Gasteiger partial charge in [-0.1, -0.05) is 24.3 Å². The van der Waals surface area contributed by atoms with Gasteiger partial charge in [0.2, 0.25) is 0 Å². The first-order chi connectivity index (χ1) is 14.3. The van der Waals surface area contributed by atoms with Crippen molar-refractivity contribution in [2.24, 2.45) is 0 Å². The number of benzene rings is 2. The molecular weight excluding hydrogens is 388 g/mol. The van der Waals surface area contributed by atoms with E-state index >= 15 is 0 Å². The van der Waals surface area contributed by atoms with E-state index in [0.29, 0.717) is 11.3 Å². The quantitative estimate of drug-likeness (QED) is 0.411. The molecule has 1 aliphatic heterocycles. The molecule has 3 rings (SSSR count). The summed E-state index contributed by atoms with van der Waals surface area (Å²) < 4.78 is 10.1. The Morgan fingerprint density at radius 3 is 2.10 bits per heavy atom. The fourth-order valence-electron chi connectivity index (χ4n) is 3.13. The molecule has 1 heterocycles. The lowest BCUT2D eigenvalue weighted by atomic mass is 10.0. The Morgan fingerprint density at radius 1 is 1.03 bits per heavy atom. The minimum absolute atomic E-state index is 0.0250. The van der Waals surface area contributed by atoms with E-state index in [9.17, 15) is 19.2 Å². The van der Waals surface area contributed by atoms with Crippen LogP contribution in [0.5, 0.6) is 5.75 Å². The van der Waals surface area contributed by atoms with Gasteiger partial charge in [0, 0.05) is 13.3 Å². The lowest BCUT2D eigenvalue weighted by molar-refractivity contribution is -0.150. The van der Waals surface area contributed by atoms with Crippen molar-refractivity contribution in [3.8, 4) is 11.8 Å². The third-order valence-corrected chi connectivity index (χ3v) is 4.50. The van der Waals surface area contributed by atoms with Gasteiger partial charge in [-0.3, -0.25) is 19.3 Å². The highest BCUT2D eigenvalue weighted by atomic mass is 16.5. The number of rotatable bonds is 6. The number of esters is 2. The fraction of sp³-hybridized carbons (Fsp3) is 0.227. The molecule has 0 radical (unpaired) electrons. The molecule has 0 spiro atoms. The van der Waals surface area contributed by atoms with Crippen molar-refractivity contribution >= 4 is 23.8 Å². The highest BCUT2D eigenvalue weighted by Crippen LogP contribution is 2.27. The number of ether oxygens (including phenoxy) is 2. The van der Waals surface area contributed by atoms with E-state index in [-0.39, 0.29) is 17.5 Å². The standard InChI is InChI=1S/C22H18N2O6/c1-13(12-23)29-22(28)19(11-15-7-9-16(10-8-15)30-14(2)25)24-20(26)17-5-3-4-6-18(17)21(24)27/h3-10,13,19H,11H2,1-2H3/t13-,19+/m0/s1. The van der Waals surface area contributed by atoms with E-state index in [0.717, 1.165) is 4.90 Å². The van der Waals surface area contributed by atoms with E-state index in [1.807, 2.05) is 0 Å². The number of carbonyl (C=O) groups is 4. The number of nitriles is 1. The van der Waals surface area contributed by atoms with Gasteiger partial charge in [-0.2, -0.15) is 5.26 Å². The molecule has 0 fully saturated rings. The highest BCUT2D eigenvalue weighted by Gasteiger charge is 2.43. The molecule has 0 N–H and O–H groups in total. The summed E-state index contributed by atoms with van der Waals surface area (Å²) in [6, 6.07) is 13.1. The topological polar surface area (TPSA) is 114 Å². The predicted molar refractivity (Wildman–Crippen MR) is 103 cm³/mol. The molecule has 1 aliphatic rings. The van der Waals surface area contributed by atoms with Crippen molar-refractivity contribution in [1.29, 1.82) is 5.26 Å². The van der Waals surface area contributed by atoms with Crippen molar-refractivity contribution in [2.45, 2.75) is 32.4 Å². The van der Waals surface area contributed by atoms with Crippen LogP contribution in [0.3, 0.4) is 0 Å². The van der Waals surface area contributed by atoms with Crippen molar-refractivity contribution in [2.75, 3.05) is 0 Å². The highest BCUT2D eigenvalue weighted by molar-refractivity contribution is 6.22. The molecule has 0 saturated heterocycles. The number of carbonyl (C=O) groups excluding carboxylic acids is 4. The minimum Gasteiger partial charge on any atom is -0.446 e. The second kappa shape index (κ2) is 8.57. The first kappa shape index (κ1) is 20.7. The van der Waals surface area contributed by atoms with Crippen LogP contribution in [0.1, 0.15) is 40.1 Å². The average Bonchev–Trinajstić information content (AvgIpc) is 2.97. The van der Waals surface area contributed by atoms with Gasteiger partial charge < -0.3 is 9.47 Å². The number of hydrogen-bond acceptors (Lipinski definition) is 7. The summed E-state index contributed by atoms with van der Waals surface area (Å²) in [5, 5.41) is 8.95. The summed E-state index contributed by atoms with van der Waals surface area (Å²) in [5.41, 5.74) is 1.02. The molecule has 152 valence electrons. The van der Waals surface area contributed by atoms with Crippen LogP contribution in [0.25, 0.3) is 0 Å². The average molecular weight is 406 g/mol. The lowest BCUT2D eigenvalue weighted by Gasteiger charge is -2.25. The van der Waals surface area contributed by atoms with Crippen LogP contribution in [0.4, 0.5) is 0 Å². The normalized spacial score (nSPS) is 14.5. The Morgan fingerprint density at radius 2 is 1.60 bits per heavy atom. The number of hydrogen-bond donors (Lipinski definition) is 0. The zero-order valence-corrected chi connectivity index (χ0v) is 16.3. The fourth-order valence-corrected chi connectivity index (χ4v) is 3.13. The molecule has 2 aromatic rings. The van der Waals surface area contributed by atoms with E-state index < -0.39 is 35.9 Å². The van der Waals surface area contributed by atoms with Crippen LogP contribution in [0.15, 0.2) is 48.5 Å². The van der Waals surface area contributed by atoms with Crippen molar-refractivity contribution in [1.82, 2.24) is 4.90 Å². The zero-order chi connectivity index (χ0) is 21.8. The number of imide groups is 1. The maximum absolute atomic E-state index is 12.8. The molecule has 8 nitrogen and oxygen atoms in total. The zero-order valence-electron chi connectivity index (χ0n) is 16.3. The summed E-state index contributed by atoms with van der Waals surface area (Å²) in [6.45, 7) is 2.67. The first-order valence-corrected chi connectivity index (χ1v) is 9.16. The monoisotopic (exact) mass is 406 g/mol. The largest absolute Gasteiger partial charge is 0.446 e. The van der Waals surface area contributed by atoms with Crippen LogP contribution < -0.4 is 4.74 Å². The van der Waals surface area contributed by atoms with Crippen LogP contribution in [0.2, 0.25) is 0 Å². The maximum atomic E-state index is 12.8. The van der Waals surface area contributed by atoms with Crippen molar-refractivity contribution in [3.63, 3.8) is 0 Å². The SMILES string of the molecule is CC(=O)Oc1ccc(C[C@H](C(=O)O[C@@H](C)C#N)N2C(=O)c3ccccc3C2=O)cc1. The number of amides is 2. The minimum atomic E-state index is -1.26. The van der Waals surface area contributed by atoms with E-state index in [4.69, 9.17) is 14.7 Å². The first-order valence-electron chi connectivity index (χ1n) is 9.16. The Hall–Kier alpha value is -3.99. The van der Waals surface area contributed by atoms with Crippen LogP contribution in [-0.2, 0) is 20.7 Å². The third kappa shape index (κ3) is 4.20. The molecule has 30 heavy (non-hydrogen) atoms. The van der Waals surface area contributed by atoms with E-state index in [1.165, 1.54) is 26.0 Å². The van der Waals surface area contributed by atoms with Crippen LogP contribution >= 0.6 is 0 Å². The number of fused-ring (bicyclic) bond motifs is 1. The van der Waals surface area contributed by atoms with Gasteiger partial charge in [0.15, 0.2) is 6.10 Å². The summed E-state index contributed by atoms with van der Waals surface area (Å²) >= 11 is 0. The molecule has 2 amide bonds. The van der Waals surface area contributed by atoms with Gasteiger partial charge in [-0.05, 0) is 36.8 Å². The van der Waals surface area contributed by atoms with E-state index in [2.05, 4.69) is 0 Å². The second-order valence-corrected chi connectivity index (χ2v) is 6.69. The maximum Gasteiger partial charge on any atom is 0.331 e. The second-order valence-electron chi connectivity index (χ2n) is 6.69. The van der Waals surface area contributed by atoms with Gasteiger partial charge in [0.05, 0.1) is 11.1 Å². The van der Waals surface area contributed by atoms with Gasteiger partial charge in [0.1, 0.15) is 17.9 Å². The lowest BCUT2D eigenvalue weighted by Crippen LogP contribution is -2.47. The summed E-state index contributed by atoms with van der Waals surface area (Å²) in [7, 11) is 0. The number of nitrogens with zero attached hydrogens (tertiary/aromatic N) is 2. The smallest absolute Gasteiger partial charge is 0.331 e. The summed E-state index contributed by atoms with van der Waals surface area (Å²) in [5.74, 6) is -2.20. The molecule has 0 aromatic heterocycles. The molecular formula is C22H18N2O6. The molecule has 0 aliphatic carbocycles. The Labute approximate surface area is 172 Å². The van der Waals surface area contributed by atoms with Crippen LogP contribution in [-0.4, -0.2) is 40.8 Å². The Kier molecular flexibility index (Phi) is 5.93. The third-order valence-electron chi connectivity index (χ3n) is 4.50. The predicted octanol–water partition coefficient (Wildman–Crippen LogP) is 2.27. The molecule has 8 heteroatoms. The van der Waals surface area contributed by atoms with Gasteiger partial charge in [0.25, 0.3) is 11.8 Å². The van der Waals surface area contributed by atoms with Gasteiger partial charge in [-0.15, -0.1) is 0 Å². The Bertz CT molecular complexity index is 1020. The van der Waals surface area contributed by atoms with E-state index in [1.54, 1.807) is 42.5 Å². The summed E-state index contributed by atoms with van der Waals surface area (Å²) in [6.07, 6.45) is -1.07. The van der Waals surface area contributed by atoms with Gasteiger partial charge in [-0.25, -0.2) is 4.79 Å². The van der Waals surface area contributed by atoms with Crippen LogP contribution in [0, 0.1) is 11.3 Å². The van der Waals surface area contributed by atoms with Gasteiger partial charge >= 0.3 is 11.9 Å².